The molecule has 0 aliphatic carbocycles. The van der Waals surface area contributed by atoms with Gasteiger partial charge in [-0.1, -0.05) is 0 Å². The Hall–Kier alpha value is 0.530. The molecule has 0 atom stereocenters. The number of rotatable bonds is 2. The predicted molar refractivity (Wildman–Crippen MR) is 45.1 cm³/mol. The first-order chi connectivity index (χ1) is 5.91. The van der Waals surface area contributed by atoms with Crippen LogP contribution in [-0.2, 0) is 10.1 Å². The molecule has 0 spiro atoms. The van der Waals surface area contributed by atoms with E-state index in [9.17, 15) is 18.5 Å². The van der Waals surface area contributed by atoms with Crippen LogP contribution < -0.4 is 59.1 Å². The van der Waals surface area contributed by atoms with Crippen LogP contribution in [0.1, 0.15) is 2.85 Å². The van der Waals surface area contributed by atoms with Gasteiger partial charge in [0.1, 0.15) is 0 Å². The Morgan fingerprint density at radius 1 is 1.20 bits per heavy atom. The van der Waals surface area contributed by atoms with E-state index in [1.165, 1.54) is 0 Å². The van der Waals surface area contributed by atoms with Gasteiger partial charge in [0, 0.05) is 12.1 Å². The molecular formula is C6H7NNa2O5S. The van der Waals surface area contributed by atoms with Crippen molar-refractivity contribution in [2.75, 3.05) is 0 Å². The largest absolute Gasteiger partial charge is 1.00 e. The van der Waals surface area contributed by atoms with E-state index in [4.69, 9.17) is 4.55 Å². The maximum atomic E-state index is 10.5. The van der Waals surface area contributed by atoms with Gasteiger partial charge >= 0.3 is 59.1 Å². The third-order valence-corrected chi connectivity index (χ3v) is 2.21. The van der Waals surface area contributed by atoms with Crippen molar-refractivity contribution in [2.45, 2.75) is 4.90 Å². The molecule has 0 saturated carbocycles. The van der Waals surface area contributed by atoms with Gasteiger partial charge in [-0.15, -0.1) is 0 Å². The Labute approximate surface area is 134 Å². The summed E-state index contributed by atoms with van der Waals surface area (Å²) in [4.78, 5) is 9.13. The van der Waals surface area contributed by atoms with E-state index in [1.807, 2.05) is 0 Å². The zero-order valence-corrected chi connectivity index (χ0v) is 13.1. The molecule has 1 N–H and O–H groups in total. The van der Waals surface area contributed by atoms with Crippen LogP contribution in [0.5, 0.6) is 0 Å². The van der Waals surface area contributed by atoms with Crippen molar-refractivity contribution in [1.29, 1.82) is 0 Å². The topological polar surface area (TPSA) is 97.5 Å². The normalized spacial score (nSPS) is 9.67. The Kier molecular flexibility index (Phi) is 8.33. The van der Waals surface area contributed by atoms with Crippen LogP contribution in [-0.4, -0.2) is 17.9 Å². The summed E-state index contributed by atoms with van der Waals surface area (Å²) < 4.78 is 29.5. The van der Waals surface area contributed by atoms with Gasteiger partial charge in [-0.3, -0.25) is 14.7 Å². The monoisotopic (exact) mass is 251 g/mol. The summed E-state index contributed by atoms with van der Waals surface area (Å²) in [5.41, 5.74) is -0.229. The van der Waals surface area contributed by atoms with Crippen LogP contribution in [0.4, 0.5) is 5.69 Å². The second kappa shape index (κ2) is 6.97. The van der Waals surface area contributed by atoms with Crippen LogP contribution in [0.15, 0.2) is 29.2 Å². The summed E-state index contributed by atoms with van der Waals surface area (Å²) >= 11 is 0. The minimum absolute atomic E-state index is 0. The van der Waals surface area contributed by atoms with Crippen LogP contribution in [0.3, 0.4) is 0 Å². The molecule has 0 heterocycles. The van der Waals surface area contributed by atoms with Gasteiger partial charge in [0.05, 0.1) is 9.82 Å². The maximum Gasteiger partial charge on any atom is 1.00 e. The summed E-state index contributed by atoms with van der Waals surface area (Å²) in [5.74, 6) is 0. The van der Waals surface area contributed by atoms with Crippen molar-refractivity contribution in [2.24, 2.45) is 0 Å². The molecule has 0 aliphatic heterocycles. The number of hydrogen-bond acceptors (Lipinski definition) is 4. The summed E-state index contributed by atoms with van der Waals surface area (Å²) in [6.45, 7) is 0. The Morgan fingerprint density at radius 3 is 1.87 bits per heavy atom. The van der Waals surface area contributed by atoms with E-state index in [-0.39, 0.29) is 72.6 Å². The van der Waals surface area contributed by atoms with E-state index < -0.39 is 15.0 Å². The van der Waals surface area contributed by atoms with Crippen molar-refractivity contribution in [1.82, 2.24) is 0 Å². The van der Waals surface area contributed by atoms with Gasteiger partial charge in [-0.25, -0.2) is 0 Å². The number of non-ortho nitro benzene ring substituents is 1. The van der Waals surface area contributed by atoms with Crippen LogP contribution in [0.25, 0.3) is 0 Å². The van der Waals surface area contributed by atoms with Crippen molar-refractivity contribution < 1.29 is 79.9 Å². The summed E-state index contributed by atoms with van der Waals surface area (Å²) in [7, 11) is -4.27. The third kappa shape index (κ3) is 5.41. The van der Waals surface area contributed by atoms with Crippen molar-refractivity contribution in [3.05, 3.63) is 34.4 Å². The first-order valence-electron chi connectivity index (χ1n) is 3.13. The maximum absolute atomic E-state index is 10.5. The second-order valence-electron chi connectivity index (χ2n) is 2.23. The average Bonchev–Trinajstić information content (AvgIpc) is 2.03. The first kappa shape index (κ1) is 17.9. The Bertz CT molecular complexity index is 438. The standard InChI is InChI=1S/C6H5NO5S.2Na.2H/c8-7(9)5-1-3-6(4-2-5)13(10,11)12;;;;/h1-4H,(H,10,11,12);;;;/q;2*+1;2*-1. The quantitative estimate of drug-likeness (QED) is 0.246. The van der Waals surface area contributed by atoms with Crippen molar-refractivity contribution in [3.8, 4) is 0 Å². The number of benzene rings is 1. The molecule has 15 heavy (non-hydrogen) atoms. The van der Waals surface area contributed by atoms with Crippen molar-refractivity contribution >= 4 is 15.8 Å². The van der Waals surface area contributed by atoms with E-state index in [1.54, 1.807) is 0 Å². The fourth-order valence-electron chi connectivity index (χ4n) is 0.740. The third-order valence-electron chi connectivity index (χ3n) is 1.35. The van der Waals surface area contributed by atoms with Crippen molar-refractivity contribution in [3.63, 3.8) is 0 Å². The van der Waals surface area contributed by atoms with Crippen LogP contribution >= 0.6 is 0 Å². The molecule has 1 aromatic carbocycles. The SMILES string of the molecule is O=[N+]([O-])c1ccc(S(=O)(=O)O)cc1.[H-].[H-].[Na+].[Na+]. The molecule has 0 unspecified atom stereocenters. The fourth-order valence-corrected chi connectivity index (χ4v) is 1.22. The number of nitrogens with zero attached hydrogens (tertiary/aromatic N) is 1. The van der Waals surface area contributed by atoms with Gasteiger partial charge in [-0.2, -0.15) is 8.42 Å². The van der Waals surface area contributed by atoms with Crippen LogP contribution in [0.2, 0.25) is 0 Å². The van der Waals surface area contributed by atoms with E-state index >= 15 is 0 Å². The molecule has 0 aliphatic rings. The molecule has 74 valence electrons. The fraction of sp³-hybridized carbons (Fsp3) is 0. The number of nitro groups is 1. The van der Waals surface area contributed by atoms with E-state index in [2.05, 4.69) is 0 Å². The zero-order chi connectivity index (χ0) is 10.1. The number of nitro benzene ring substituents is 1. The zero-order valence-electron chi connectivity index (χ0n) is 10.2. The second-order valence-corrected chi connectivity index (χ2v) is 3.65. The molecule has 0 bridgehead atoms. The average molecular weight is 251 g/mol. The summed E-state index contributed by atoms with van der Waals surface area (Å²) in [6.07, 6.45) is 0. The van der Waals surface area contributed by atoms with Crippen LogP contribution in [0, 0.1) is 10.1 Å². The van der Waals surface area contributed by atoms with E-state index in [0.717, 1.165) is 24.3 Å². The molecule has 9 heteroatoms. The molecule has 0 amide bonds. The summed E-state index contributed by atoms with van der Waals surface area (Å²) in [6, 6.07) is 3.94. The van der Waals surface area contributed by atoms with Gasteiger partial charge < -0.3 is 2.85 Å². The van der Waals surface area contributed by atoms with Gasteiger partial charge in [0.25, 0.3) is 15.8 Å². The molecule has 0 saturated heterocycles. The molecular weight excluding hydrogens is 244 g/mol. The first-order valence-corrected chi connectivity index (χ1v) is 4.57. The van der Waals surface area contributed by atoms with E-state index in [0.29, 0.717) is 0 Å². The predicted octanol–water partition coefficient (Wildman–Crippen LogP) is -4.93. The van der Waals surface area contributed by atoms with Gasteiger partial charge in [0.2, 0.25) is 0 Å². The van der Waals surface area contributed by atoms with Gasteiger partial charge in [-0.05, 0) is 12.1 Å². The smallest absolute Gasteiger partial charge is 1.00 e. The molecule has 6 nitrogen and oxygen atoms in total. The summed E-state index contributed by atoms with van der Waals surface area (Å²) in [5, 5.41) is 10.2. The van der Waals surface area contributed by atoms with Gasteiger partial charge in [0.15, 0.2) is 0 Å². The minimum Gasteiger partial charge on any atom is -1.00 e. The number of hydrogen-bond donors (Lipinski definition) is 1. The Balaban J connectivity index is -0.000000211. The molecule has 0 fully saturated rings. The Morgan fingerprint density at radius 2 is 1.60 bits per heavy atom. The molecule has 0 radical (unpaired) electrons. The molecule has 0 aromatic heterocycles. The molecule has 1 rings (SSSR count). The molecule has 1 aromatic rings. The minimum atomic E-state index is -4.27.